The Kier molecular flexibility index (Phi) is 3.22. The lowest BCUT2D eigenvalue weighted by Gasteiger charge is -2.45. The number of fused-ring (bicyclic) bond motifs is 13. The summed E-state index contributed by atoms with van der Waals surface area (Å²) in [5.41, 5.74) is 3.00. The molecule has 1 amide bonds. The van der Waals surface area contributed by atoms with Crippen LogP contribution in [0.4, 0.5) is 0 Å². The normalized spacial score (nSPS) is 29.9. The van der Waals surface area contributed by atoms with Crippen molar-refractivity contribution in [3.05, 3.63) is 59.7 Å². The van der Waals surface area contributed by atoms with Crippen molar-refractivity contribution in [3.8, 4) is 0 Å². The number of hydrogen-bond donors (Lipinski definition) is 4. The van der Waals surface area contributed by atoms with Crippen LogP contribution in [0.25, 0.3) is 43.6 Å². The number of aromatic nitrogens is 2. The highest BCUT2D eigenvalue weighted by Gasteiger charge is 2.52. The number of aliphatic hydroxyl groups excluding tert-OH is 3. The van der Waals surface area contributed by atoms with Gasteiger partial charge in [-0.25, -0.2) is 0 Å². The minimum absolute atomic E-state index is 0.209. The monoisotopic (exact) mass is 455 g/mol. The van der Waals surface area contributed by atoms with Crippen molar-refractivity contribution in [2.45, 2.75) is 43.7 Å². The number of nitrogens with one attached hydrogen (secondary N) is 1. The summed E-state index contributed by atoms with van der Waals surface area (Å²) in [5.74, 6) is -0.316. The van der Waals surface area contributed by atoms with E-state index in [0.29, 0.717) is 11.1 Å². The number of carbonyl (C=O) groups is 1. The summed E-state index contributed by atoms with van der Waals surface area (Å²) in [5, 5.41) is 39.2. The molecule has 8 heteroatoms. The minimum Gasteiger partial charge on any atom is -0.390 e. The molecule has 34 heavy (non-hydrogen) atoms. The fourth-order valence-electron chi connectivity index (χ4n) is 6.71. The molecule has 3 aliphatic rings. The smallest absolute Gasteiger partial charge is 0.254 e. The molecule has 0 radical (unpaired) electrons. The molecule has 5 heterocycles. The molecule has 0 spiro atoms. The highest BCUT2D eigenvalue weighted by atomic mass is 16.6. The average Bonchev–Trinajstić information content (AvgIpc) is 3.42. The Bertz CT molecular complexity index is 1750. The van der Waals surface area contributed by atoms with E-state index in [0.717, 1.165) is 43.6 Å². The molecule has 1 saturated heterocycles. The quantitative estimate of drug-likeness (QED) is 0.287. The van der Waals surface area contributed by atoms with Crippen molar-refractivity contribution in [2.24, 2.45) is 0 Å². The summed E-state index contributed by atoms with van der Waals surface area (Å²) in [6, 6.07) is 15.5. The highest BCUT2D eigenvalue weighted by molar-refractivity contribution is 6.31. The molecule has 170 valence electrons. The number of ether oxygens (including phenoxy) is 1. The molecule has 8 nitrogen and oxygen atoms in total. The topological polar surface area (TPSA) is 109 Å². The van der Waals surface area contributed by atoms with E-state index in [2.05, 4.69) is 9.88 Å². The number of aliphatic hydroxyl groups is 3. The van der Waals surface area contributed by atoms with Gasteiger partial charge in [0.1, 0.15) is 12.3 Å². The lowest BCUT2D eigenvalue weighted by Crippen LogP contribution is -2.55. The summed E-state index contributed by atoms with van der Waals surface area (Å²) < 4.78 is 10.7. The predicted molar refractivity (Wildman–Crippen MR) is 125 cm³/mol. The van der Waals surface area contributed by atoms with Gasteiger partial charge in [-0.1, -0.05) is 36.4 Å². The first-order chi connectivity index (χ1) is 16.4. The largest absolute Gasteiger partial charge is 0.390 e. The molecule has 8 rings (SSSR count). The molecule has 5 aromatic rings. The van der Waals surface area contributed by atoms with Gasteiger partial charge in [0.15, 0.2) is 12.0 Å². The Hall–Kier alpha value is -3.43. The van der Waals surface area contributed by atoms with Crippen LogP contribution < -0.4 is 5.32 Å². The lowest BCUT2D eigenvalue weighted by atomic mass is 9.95. The van der Waals surface area contributed by atoms with Crippen molar-refractivity contribution < 1.29 is 24.9 Å². The van der Waals surface area contributed by atoms with Crippen LogP contribution in [-0.4, -0.2) is 42.6 Å². The van der Waals surface area contributed by atoms with Crippen molar-refractivity contribution in [1.29, 1.82) is 0 Å². The van der Waals surface area contributed by atoms with E-state index in [1.165, 1.54) is 0 Å². The van der Waals surface area contributed by atoms with Gasteiger partial charge in [-0.05, 0) is 19.1 Å². The molecule has 4 N–H and O–H groups in total. The van der Waals surface area contributed by atoms with Crippen LogP contribution in [0.15, 0.2) is 48.5 Å². The van der Waals surface area contributed by atoms with Gasteiger partial charge in [0.2, 0.25) is 0 Å². The number of para-hydroxylation sites is 2. The second-order valence-electron chi connectivity index (χ2n) is 9.73. The first-order valence-corrected chi connectivity index (χ1v) is 11.5. The van der Waals surface area contributed by atoms with Gasteiger partial charge in [-0.3, -0.25) is 4.79 Å². The number of rotatable bonds is 0. The van der Waals surface area contributed by atoms with Crippen molar-refractivity contribution in [3.63, 3.8) is 0 Å². The number of benzene rings is 3. The SMILES string of the molecule is CC12OC(CC(O)C1O)n1c3ccccc3c3c4c(c5c6ccccc6n2c5c31)C(O)NC4=O. The summed E-state index contributed by atoms with van der Waals surface area (Å²) >= 11 is 0. The standard InChI is InChI=1S/C26H21N3O5/c1-26-23(31)15(30)10-16(34-26)28-13-8-4-2-6-11(13)17-19-20(25(33)27-24(19)32)18-12-7-3-5-9-14(12)29(26)22(18)21(17)28/h2-9,15-16,23,25,30-31,33H,10H2,1H3,(H,27,32). The fourth-order valence-corrected chi connectivity index (χ4v) is 6.71. The summed E-state index contributed by atoms with van der Waals surface area (Å²) in [6.07, 6.45) is -3.68. The van der Waals surface area contributed by atoms with Gasteiger partial charge in [0, 0.05) is 33.5 Å². The second kappa shape index (κ2) is 5.79. The zero-order valence-corrected chi connectivity index (χ0v) is 18.2. The van der Waals surface area contributed by atoms with E-state index in [4.69, 9.17) is 4.74 Å². The van der Waals surface area contributed by atoms with Crippen LogP contribution in [0.1, 0.15) is 41.7 Å². The molecule has 2 bridgehead atoms. The third-order valence-corrected chi connectivity index (χ3v) is 8.03. The van der Waals surface area contributed by atoms with E-state index in [9.17, 15) is 20.1 Å². The van der Waals surface area contributed by atoms with Crippen LogP contribution in [0.2, 0.25) is 0 Å². The zero-order chi connectivity index (χ0) is 23.1. The summed E-state index contributed by atoms with van der Waals surface area (Å²) in [7, 11) is 0. The van der Waals surface area contributed by atoms with Crippen molar-refractivity contribution in [2.75, 3.05) is 0 Å². The van der Waals surface area contributed by atoms with E-state index < -0.39 is 30.4 Å². The van der Waals surface area contributed by atoms with Gasteiger partial charge in [-0.15, -0.1) is 0 Å². The molecule has 1 fully saturated rings. The molecule has 2 aromatic heterocycles. The van der Waals surface area contributed by atoms with E-state index in [1.54, 1.807) is 6.92 Å². The summed E-state index contributed by atoms with van der Waals surface area (Å²) in [6.45, 7) is 1.80. The molecule has 3 aromatic carbocycles. The fraction of sp³-hybridized carbons (Fsp3) is 0.269. The third-order valence-electron chi connectivity index (χ3n) is 8.03. The zero-order valence-electron chi connectivity index (χ0n) is 18.2. The van der Waals surface area contributed by atoms with Gasteiger partial charge in [0.05, 0.1) is 33.7 Å². The first kappa shape index (κ1) is 18.9. The van der Waals surface area contributed by atoms with E-state index in [-0.39, 0.29) is 12.3 Å². The van der Waals surface area contributed by atoms with Crippen molar-refractivity contribution in [1.82, 2.24) is 14.5 Å². The van der Waals surface area contributed by atoms with Crippen LogP contribution >= 0.6 is 0 Å². The Morgan fingerprint density at radius 2 is 1.65 bits per heavy atom. The first-order valence-electron chi connectivity index (χ1n) is 11.5. The predicted octanol–water partition coefficient (Wildman–Crippen LogP) is 2.96. The number of nitrogens with zero attached hydrogens (tertiary/aromatic N) is 2. The second-order valence-corrected chi connectivity index (χ2v) is 9.73. The molecular formula is C26H21N3O5. The van der Waals surface area contributed by atoms with Crippen LogP contribution in [0.3, 0.4) is 0 Å². The maximum Gasteiger partial charge on any atom is 0.254 e. The van der Waals surface area contributed by atoms with E-state index in [1.807, 2.05) is 53.1 Å². The highest BCUT2D eigenvalue weighted by Crippen LogP contribution is 2.54. The molecule has 0 saturated carbocycles. The van der Waals surface area contributed by atoms with Gasteiger partial charge in [0.25, 0.3) is 5.91 Å². The Morgan fingerprint density at radius 3 is 2.41 bits per heavy atom. The van der Waals surface area contributed by atoms with Crippen LogP contribution in [0, 0.1) is 0 Å². The summed E-state index contributed by atoms with van der Waals surface area (Å²) in [4.78, 5) is 13.2. The molecule has 5 unspecified atom stereocenters. The Morgan fingerprint density at radius 1 is 0.971 bits per heavy atom. The molecule has 3 aliphatic heterocycles. The lowest BCUT2D eigenvalue weighted by molar-refractivity contribution is -0.272. The van der Waals surface area contributed by atoms with Gasteiger partial charge >= 0.3 is 0 Å². The van der Waals surface area contributed by atoms with Gasteiger partial charge < -0.3 is 34.5 Å². The molecule has 5 atom stereocenters. The van der Waals surface area contributed by atoms with Crippen LogP contribution in [-0.2, 0) is 10.5 Å². The van der Waals surface area contributed by atoms with Crippen molar-refractivity contribution >= 4 is 49.5 Å². The van der Waals surface area contributed by atoms with Crippen LogP contribution in [0.5, 0.6) is 0 Å². The van der Waals surface area contributed by atoms with E-state index >= 15 is 0 Å². The maximum atomic E-state index is 13.2. The Balaban J connectivity index is 1.78. The molecular weight excluding hydrogens is 434 g/mol. The number of carbonyl (C=O) groups excluding carboxylic acids is 1. The van der Waals surface area contributed by atoms with Gasteiger partial charge in [-0.2, -0.15) is 0 Å². The third kappa shape index (κ3) is 1.88. The number of hydrogen-bond acceptors (Lipinski definition) is 5. The molecule has 0 aliphatic carbocycles. The average molecular weight is 455 g/mol. The Labute approximate surface area is 192 Å². The minimum atomic E-state index is -1.27. The number of amides is 1. The maximum absolute atomic E-state index is 13.2.